The van der Waals surface area contributed by atoms with Crippen molar-refractivity contribution in [1.82, 2.24) is 5.32 Å². The highest BCUT2D eigenvalue weighted by Gasteiger charge is 2.28. The molecular weight excluding hydrogens is 158 g/mol. The topological polar surface area (TPSA) is 72.7 Å². The molecule has 4 nitrogen and oxygen atoms in total. The van der Waals surface area contributed by atoms with Gasteiger partial charge in [-0.1, -0.05) is 13.8 Å². The van der Waals surface area contributed by atoms with E-state index in [1.54, 1.807) is 7.05 Å². The van der Waals surface area contributed by atoms with Crippen LogP contribution in [0.1, 0.15) is 20.3 Å². The summed E-state index contributed by atoms with van der Waals surface area (Å²) in [6.07, 6.45) is -1.10. The van der Waals surface area contributed by atoms with Crippen molar-refractivity contribution in [2.24, 2.45) is 5.41 Å². The van der Waals surface area contributed by atoms with Crippen LogP contribution in [0.25, 0.3) is 0 Å². The first kappa shape index (κ1) is 11.8. The lowest BCUT2D eigenvalue weighted by molar-refractivity contribution is -0.0630. The Labute approximate surface area is 73.2 Å². The second-order valence-electron chi connectivity index (χ2n) is 3.70. The fraction of sp³-hybridized carbons (Fsp3) is 1.00. The Hall–Kier alpha value is -0.160. The third kappa shape index (κ3) is 3.49. The zero-order valence-corrected chi connectivity index (χ0v) is 7.91. The SMILES string of the molecule is CNC(CC(O)O)C(C)(C)CO. The Morgan fingerprint density at radius 2 is 1.83 bits per heavy atom. The highest BCUT2D eigenvalue weighted by atomic mass is 16.5. The Bertz CT molecular complexity index is 125. The summed E-state index contributed by atoms with van der Waals surface area (Å²) in [6, 6.07) is -0.0949. The van der Waals surface area contributed by atoms with Crippen molar-refractivity contribution < 1.29 is 15.3 Å². The molecule has 74 valence electrons. The minimum Gasteiger partial charge on any atom is -0.396 e. The molecule has 0 aromatic heterocycles. The predicted octanol–water partition coefficient (Wildman–Crippen LogP) is -0.706. The fourth-order valence-corrected chi connectivity index (χ4v) is 1.15. The zero-order valence-electron chi connectivity index (χ0n) is 7.91. The molecule has 0 aliphatic rings. The summed E-state index contributed by atoms with van der Waals surface area (Å²) in [4.78, 5) is 0. The van der Waals surface area contributed by atoms with Crippen LogP contribution in [0.15, 0.2) is 0 Å². The summed E-state index contributed by atoms with van der Waals surface area (Å²) in [7, 11) is 1.74. The van der Waals surface area contributed by atoms with E-state index >= 15 is 0 Å². The number of hydrogen-bond donors (Lipinski definition) is 4. The van der Waals surface area contributed by atoms with Gasteiger partial charge in [0.05, 0.1) is 0 Å². The molecule has 0 spiro atoms. The molecule has 0 aromatic carbocycles. The van der Waals surface area contributed by atoms with Gasteiger partial charge >= 0.3 is 0 Å². The molecule has 1 atom stereocenters. The van der Waals surface area contributed by atoms with E-state index < -0.39 is 6.29 Å². The van der Waals surface area contributed by atoms with E-state index in [0.717, 1.165) is 0 Å². The largest absolute Gasteiger partial charge is 0.396 e. The summed E-state index contributed by atoms with van der Waals surface area (Å²) in [5.74, 6) is 0. The lowest BCUT2D eigenvalue weighted by Crippen LogP contribution is -2.44. The lowest BCUT2D eigenvalue weighted by atomic mass is 9.83. The van der Waals surface area contributed by atoms with Gasteiger partial charge in [-0.15, -0.1) is 0 Å². The molecular formula is C8H19NO3. The molecule has 0 aliphatic heterocycles. The molecule has 4 N–H and O–H groups in total. The van der Waals surface area contributed by atoms with E-state index in [2.05, 4.69) is 5.32 Å². The van der Waals surface area contributed by atoms with Gasteiger partial charge < -0.3 is 20.6 Å². The van der Waals surface area contributed by atoms with Crippen LogP contribution in [0.2, 0.25) is 0 Å². The van der Waals surface area contributed by atoms with Crippen LogP contribution in [0.5, 0.6) is 0 Å². The maximum absolute atomic E-state index is 9.01. The lowest BCUT2D eigenvalue weighted by Gasteiger charge is -2.32. The smallest absolute Gasteiger partial charge is 0.152 e. The molecule has 0 saturated heterocycles. The number of aliphatic hydroxyl groups excluding tert-OH is 2. The van der Waals surface area contributed by atoms with Gasteiger partial charge in [-0.2, -0.15) is 0 Å². The van der Waals surface area contributed by atoms with E-state index in [9.17, 15) is 0 Å². The molecule has 0 radical (unpaired) electrons. The zero-order chi connectivity index (χ0) is 9.78. The third-order valence-corrected chi connectivity index (χ3v) is 2.15. The van der Waals surface area contributed by atoms with Crippen molar-refractivity contribution in [3.63, 3.8) is 0 Å². The molecule has 12 heavy (non-hydrogen) atoms. The molecule has 0 aliphatic carbocycles. The second-order valence-corrected chi connectivity index (χ2v) is 3.70. The Morgan fingerprint density at radius 1 is 1.33 bits per heavy atom. The molecule has 4 heteroatoms. The van der Waals surface area contributed by atoms with Gasteiger partial charge in [0.25, 0.3) is 0 Å². The summed E-state index contributed by atoms with van der Waals surface area (Å²) in [5.41, 5.74) is -0.335. The average Bonchev–Trinajstić information content (AvgIpc) is 1.99. The van der Waals surface area contributed by atoms with E-state index in [0.29, 0.717) is 0 Å². The molecule has 0 bridgehead atoms. The molecule has 0 rings (SSSR count). The van der Waals surface area contributed by atoms with Crippen molar-refractivity contribution in [2.45, 2.75) is 32.6 Å². The maximum atomic E-state index is 9.01. The summed E-state index contributed by atoms with van der Waals surface area (Å²) >= 11 is 0. The Kier molecular flexibility index (Phi) is 4.70. The normalized spacial score (nSPS) is 15.2. The van der Waals surface area contributed by atoms with Crippen molar-refractivity contribution in [3.05, 3.63) is 0 Å². The first-order valence-electron chi connectivity index (χ1n) is 4.08. The third-order valence-electron chi connectivity index (χ3n) is 2.15. The Balaban J connectivity index is 4.13. The van der Waals surface area contributed by atoms with Crippen molar-refractivity contribution >= 4 is 0 Å². The molecule has 0 aromatic rings. The number of aliphatic hydroxyl groups is 3. The fourth-order valence-electron chi connectivity index (χ4n) is 1.15. The van der Waals surface area contributed by atoms with Gasteiger partial charge in [-0.25, -0.2) is 0 Å². The van der Waals surface area contributed by atoms with E-state index in [1.165, 1.54) is 0 Å². The first-order valence-corrected chi connectivity index (χ1v) is 4.08. The van der Waals surface area contributed by atoms with Gasteiger partial charge in [-0.3, -0.25) is 0 Å². The number of rotatable bonds is 5. The van der Waals surface area contributed by atoms with Crippen LogP contribution < -0.4 is 5.32 Å². The quantitative estimate of drug-likeness (QED) is 0.419. The molecule has 0 amide bonds. The highest BCUT2D eigenvalue weighted by molar-refractivity contribution is 4.82. The maximum Gasteiger partial charge on any atom is 0.152 e. The van der Waals surface area contributed by atoms with E-state index in [4.69, 9.17) is 15.3 Å². The molecule has 0 saturated carbocycles. The molecule has 0 heterocycles. The number of hydrogen-bond acceptors (Lipinski definition) is 4. The van der Waals surface area contributed by atoms with Gasteiger partial charge in [0.15, 0.2) is 6.29 Å². The number of nitrogens with one attached hydrogen (secondary N) is 1. The van der Waals surface area contributed by atoms with Crippen LogP contribution in [0.4, 0.5) is 0 Å². The van der Waals surface area contributed by atoms with Crippen LogP contribution in [0.3, 0.4) is 0 Å². The Morgan fingerprint density at radius 3 is 2.08 bits per heavy atom. The van der Waals surface area contributed by atoms with Gasteiger partial charge in [0.1, 0.15) is 0 Å². The summed E-state index contributed by atoms with van der Waals surface area (Å²) < 4.78 is 0. The molecule has 0 fully saturated rings. The minimum atomic E-state index is -1.33. The first-order chi connectivity index (χ1) is 5.44. The van der Waals surface area contributed by atoms with Crippen molar-refractivity contribution in [2.75, 3.05) is 13.7 Å². The van der Waals surface area contributed by atoms with Gasteiger partial charge in [-0.05, 0) is 7.05 Å². The van der Waals surface area contributed by atoms with Gasteiger partial charge in [0, 0.05) is 24.5 Å². The van der Waals surface area contributed by atoms with Gasteiger partial charge in [0.2, 0.25) is 0 Å². The highest BCUT2D eigenvalue weighted by Crippen LogP contribution is 2.22. The summed E-state index contributed by atoms with van der Waals surface area (Å²) in [5, 5.41) is 29.4. The standard InChI is InChI=1S/C8H19NO3/c1-8(2,5-10)6(9-3)4-7(11)12/h6-7,9-12H,4-5H2,1-3H3. The van der Waals surface area contributed by atoms with Crippen LogP contribution in [-0.2, 0) is 0 Å². The molecule has 1 unspecified atom stereocenters. The van der Waals surface area contributed by atoms with E-state index in [-0.39, 0.29) is 24.5 Å². The summed E-state index contributed by atoms with van der Waals surface area (Å²) in [6.45, 7) is 3.76. The van der Waals surface area contributed by atoms with Crippen molar-refractivity contribution in [3.8, 4) is 0 Å². The average molecular weight is 177 g/mol. The van der Waals surface area contributed by atoms with Crippen LogP contribution in [0, 0.1) is 5.41 Å². The van der Waals surface area contributed by atoms with E-state index in [1.807, 2.05) is 13.8 Å². The minimum absolute atomic E-state index is 0.0191. The van der Waals surface area contributed by atoms with Crippen molar-refractivity contribution in [1.29, 1.82) is 0 Å². The predicted molar refractivity (Wildman–Crippen MR) is 46.6 cm³/mol. The van der Waals surface area contributed by atoms with Crippen LogP contribution >= 0.6 is 0 Å². The van der Waals surface area contributed by atoms with Crippen LogP contribution in [-0.4, -0.2) is 41.3 Å². The monoisotopic (exact) mass is 177 g/mol. The second kappa shape index (κ2) is 4.77.